The number of aromatic nitrogens is 2. The van der Waals surface area contributed by atoms with Crippen molar-refractivity contribution >= 4 is 22.5 Å². The molecule has 0 spiro atoms. The average molecular weight is 283 g/mol. The lowest BCUT2D eigenvalue weighted by Gasteiger charge is -2.06. The fourth-order valence-electron chi connectivity index (χ4n) is 2.17. The molecule has 0 aliphatic carbocycles. The minimum absolute atomic E-state index is 0.124. The number of rotatable bonds is 4. The third-order valence-corrected chi connectivity index (χ3v) is 3.23. The van der Waals surface area contributed by atoms with Gasteiger partial charge < -0.3 is 5.32 Å². The lowest BCUT2D eigenvalue weighted by molar-refractivity contribution is -0.116. The highest BCUT2D eigenvalue weighted by Gasteiger charge is 2.06. The van der Waals surface area contributed by atoms with Crippen molar-refractivity contribution in [3.63, 3.8) is 0 Å². The molecule has 4 nitrogen and oxygen atoms in total. The second-order valence-electron chi connectivity index (χ2n) is 4.73. The van der Waals surface area contributed by atoms with E-state index in [1.165, 1.54) is 24.3 Å². The Labute approximate surface area is 121 Å². The Balaban J connectivity index is 1.62. The van der Waals surface area contributed by atoms with E-state index < -0.39 is 0 Å². The second kappa shape index (κ2) is 5.75. The van der Waals surface area contributed by atoms with Gasteiger partial charge in [-0.05, 0) is 30.3 Å². The Morgan fingerprint density at radius 1 is 1.14 bits per heavy atom. The number of fused-ring (bicyclic) bond motifs is 1. The monoisotopic (exact) mass is 283 g/mol. The number of hydrogen-bond donors (Lipinski definition) is 1. The minimum atomic E-state index is -0.323. The number of amides is 1. The van der Waals surface area contributed by atoms with Gasteiger partial charge in [-0.2, -0.15) is 5.10 Å². The van der Waals surface area contributed by atoms with Crippen LogP contribution in [0.15, 0.2) is 54.7 Å². The van der Waals surface area contributed by atoms with Crippen LogP contribution in [0.3, 0.4) is 0 Å². The predicted molar refractivity (Wildman–Crippen MR) is 79.4 cm³/mol. The smallest absolute Gasteiger partial charge is 0.226 e. The average Bonchev–Trinajstić information content (AvgIpc) is 2.91. The molecule has 1 N–H and O–H groups in total. The third-order valence-electron chi connectivity index (χ3n) is 3.23. The molecular formula is C16H14FN3O. The summed E-state index contributed by atoms with van der Waals surface area (Å²) < 4.78 is 14.6. The minimum Gasteiger partial charge on any atom is -0.326 e. The van der Waals surface area contributed by atoms with Gasteiger partial charge in [0.2, 0.25) is 5.91 Å². The Morgan fingerprint density at radius 3 is 2.71 bits per heavy atom. The topological polar surface area (TPSA) is 46.9 Å². The Hall–Kier alpha value is -2.69. The molecule has 1 heterocycles. The maximum Gasteiger partial charge on any atom is 0.226 e. The number of anilines is 1. The number of nitrogens with zero attached hydrogens (tertiary/aromatic N) is 2. The van der Waals surface area contributed by atoms with Gasteiger partial charge in [-0.1, -0.05) is 18.2 Å². The Bertz CT molecular complexity index is 765. The number of carbonyl (C=O) groups excluding carboxylic acids is 1. The van der Waals surface area contributed by atoms with Gasteiger partial charge in [-0.3, -0.25) is 9.48 Å². The number of carbonyl (C=O) groups is 1. The molecule has 3 rings (SSSR count). The van der Waals surface area contributed by atoms with E-state index in [1.54, 1.807) is 10.9 Å². The van der Waals surface area contributed by atoms with Crippen LogP contribution in [-0.2, 0) is 11.3 Å². The van der Waals surface area contributed by atoms with E-state index in [1.807, 2.05) is 24.3 Å². The molecule has 0 fully saturated rings. The highest BCUT2D eigenvalue weighted by molar-refractivity contribution is 5.90. The normalized spacial score (nSPS) is 10.7. The molecule has 106 valence electrons. The number of benzene rings is 2. The van der Waals surface area contributed by atoms with Crippen LogP contribution in [0.25, 0.3) is 10.9 Å². The molecular weight excluding hydrogens is 269 g/mol. The van der Waals surface area contributed by atoms with Crippen molar-refractivity contribution in [2.45, 2.75) is 13.0 Å². The van der Waals surface area contributed by atoms with E-state index in [4.69, 9.17) is 0 Å². The van der Waals surface area contributed by atoms with Gasteiger partial charge in [0.05, 0.1) is 18.3 Å². The van der Waals surface area contributed by atoms with Crippen molar-refractivity contribution in [1.82, 2.24) is 9.78 Å². The fourth-order valence-corrected chi connectivity index (χ4v) is 2.17. The molecule has 2 aromatic carbocycles. The number of halogens is 1. The maximum absolute atomic E-state index is 12.8. The van der Waals surface area contributed by atoms with Crippen LogP contribution in [0.4, 0.5) is 10.1 Å². The molecule has 5 heteroatoms. The summed E-state index contributed by atoms with van der Waals surface area (Å²) in [5.41, 5.74) is 1.60. The number of hydrogen-bond acceptors (Lipinski definition) is 2. The van der Waals surface area contributed by atoms with Crippen LogP contribution in [0.5, 0.6) is 0 Å². The molecule has 3 aromatic rings. The summed E-state index contributed by atoms with van der Waals surface area (Å²) in [7, 11) is 0. The summed E-state index contributed by atoms with van der Waals surface area (Å²) in [5, 5.41) is 8.06. The summed E-state index contributed by atoms with van der Waals surface area (Å²) >= 11 is 0. The highest BCUT2D eigenvalue weighted by Crippen LogP contribution is 2.13. The Morgan fingerprint density at radius 2 is 1.90 bits per heavy atom. The van der Waals surface area contributed by atoms with Gasteiger partial charge in [0.15, 0.2) is 0 Å². The molecule has 1 aromatic heterocycles. The van der Waals surface area contributed by atoms with Gasteiger partial charge >= 0.3 is 0 Å². The molecule has 0 aliphatic heterocycles. The van der Waals surface area contributed by atoms with E-state index in [0.717, 1.165) is 10.9 Å². The van der Waals surface area contributed by atoms with E-state index in [9.17, 15) is 9.18 Å². The molecule has 0 atom stereocenters. The maximum atomic E-state index is 12.8. The molecule has 0 saturated heterocycles. The first-order valence-electron chi connectivity index (χ1n) is 6.68. The van der Waals surface area contributed by atoms with Crippen molar-refractivity contribution in [2.75, 3.05) is 5.32 Å². The van der Waals surface area contributed by atoms with Crippen LogP contribution in [0.1, 0.15) is 6.42 Å². The zero-order chi connectivity index (χ0) is 14.7. The largest absolute Gasteiger partial charge is 0.326 e. The predicted octanol–water partition coefficient (Wildman–Crippen LogP) is 3.20. The van der Waals surface area contributed by atoms with E-state index >= 15 is 0 Å². The van der Waals surface area contributed by atoms with E-state index in [2.05, 4.69) is 10.4 Å². The van der Waals surface area contributed by atoms with Crippen LogP contribution in [0, 0.1) is 5.82 Å². The quantitative estimate of drug-likeness (QED) is 0.799. The zero-order valence-electron chi connectivity index (χ0n) is 11.3. The summed E-state index contributed by atoms with van der Waals surface area (Å²) in [6.45, 7) is 0.501. The van der Waals surface area contributed by atoms with Crippen molar-refractivity contribution in [2.24, 2.45) is 0 Å². The lowest BCUT2D eigenvalue weighted by Crippen LogP contribution is -2.14. The summed E-state index contributed by atoms with van der Waals surface area (Å²) in [4.78, 5) is 11.9. The standard InChI is InChI=1S/C16H14FN3O/c17-13-5-7-14(8-6-13)19-16(21)9-10-20-15-4-2-1-3-12(15)11-18-20/h1-8,11H,9-10H2,(H,19,21). The SMILES string of the molecule is O=C(CCn1ncc2ccccc21)Nc1ccc(F)cc1. The van der Waals surface area contributed by atoms with Crippen molar-refractivity contribution in [1.29, 1.82) is 0 Å². The number of para-hydroxylation sites is 1. The van der Waals surface area contributed by atoms with Crippen LogP contribution >= 0.6 is 0 Å². The van der Waals surface area contributed by atoms with Gasteiger partial charge in [0, 0.05) is 17.5 Å². The Kier molecular flexibility index (Phi) is 3.64. The lowest BCUT2D eigenvalue weighted by atomic mass is 10.2. The summed E-state index contributed by atoms with van der Waals surface area (Å²) in [6, 6.07) is 13.6. The molecule has 0 radical (unpaired) electrons. The van der Waals surface area contributed by atoms with Crippen molar-refractivity contribution < 1.29 is 9.18 Å². The first-order valence-corrected chi connectivity index (χ1v) is 6.68. The molecule has 0 unspecified atom stereocenters. The first-order chi connectivity index (χ1) is 10.2. The van der Waals surface area contributed by atoms with Crippen LogP contribution in [-0.4, -0.2) is 15.7 Å². The van der Waals surface area contributed by atoms with Gasteiger partial charge in [-0.25, -0.2) is 4.39 Å². The zero-order valence-corrected chi connectivity index (χ0v) is 11.3. The molecule has 1 amide bonds. The van der Waals surface area contributed by atoms with Crippen LogP contribution < -0.4 is 5.32 Å². The summed E-state index contributed by atoms with van der Waals surface area (Å²) in [5.74, 6) is -0.447. The van der Waals surface area contributed by atoms with Gasteiger partial charge in [-0.15, -0.1) is 0 Å². The van der Waals surface area contributed by atoms with Crippen LogP contribution in [0.2, 0.25) is 0 Å². The molecule has 0 bridgehead atoms. The van der Waals surface area contributed by atoms with E-state index in [0.29, 0.717) is 18.7 Å². The molecule has 21 heavy (non-hydrogen) atoms. The van der Waals surface area contributed by atoms with Crippen molar-refractivity contribution in [3.05, 3.63) is 60.5 Å². The van der Waals surface area contributed by atoms with Gasteiger partial charge in [0.1, 0.15) is 5.82 Å². The van der Waals surface area contributed by atoms with E-state index in [-0.39, 0.29) is 11.7 Å². The number of aryl methyl sites for hydroxylation is 1. The fraction of sp³-hybridized carbons (Fsp3) is 0.125. The first kappa shape index (κ1) is 13.3. The molecule has 0 saturated carbocycles. The number of nitrogens with one attached hydrogen (secondary N) is 1. The third kappa shape index (κ3) is 3.08. The molecule has 0 aliphatic rings. The second-order valence-corrected chi connectivity index (χ2v) is 4.73. The van der Waals surface area contributed by atoms with Crippen molar-refractivity contribution in [3.8, 4) is 0 Å². The summed E-state index contributed by atoms with van der Waals surface area (Å²) in [6.07, 6.45) is 2.09. The highest BCUT2D eigenvalue weighted by atomic mass is 19.1. The van der Waals surface area contributed by atoms with Gasteiger partial charge in [0.25, 0.3) is 0 Å².